The van der Waals surface area contributed by atoms with E-state index in [0.717, 1.165) is 30.4 Å². The maximum Gasteiger partial charge on any atom is 0.311 e. The third kappa shape index (κ3) is 2.95. The van der Waals surface area contributed by atoms with Gasteiger partial charge in [0.05, 0.1) is 12.3 Å². The summed E-state index contributed by atoms with van der Waals surface area (Å²) in [5, 5.41) is 17.8. The largest absolute Gasteiger partial charge is 0.481 e. The molecule has 0 saturated heterocycles. The molecule has 0 amide bonds. The van der Waals surface area contributed by atoms with Gasteiger partial charge in [-0.1, -0.05) is 18.2 Å². The second kappa shape index (κ2) is 5.49. The van der Waals surface area contributed by atoms with Crippen molar-refractivity contribution in [3.8, 4) is 0 Å². The third-order valence-corrected chi connectivity index (χ3v) is 2.90. The van der Waals surface area contributed by atoms with Crippen molar-refractivity contribution in [3.05, 3.63) is 23.8 Å². The van der Waals surface area contributed by atoms with Crippen LogP contribution in [-0.2, 0) is 9.59 Å². The molecule has 0 spiro atoms. The summed E-state index contributed by atoms with van der Waals surface area (Å²) in [4.78, 5) is 21.7. The van der Waals surface area contributed by atoms with Gasteiger partial charge in [0.1, 0.15) is 0 Å². The van der Waals surface area contributed by atoms with Gasteiger partial charge in [0.15, 0.2) is 0 Å². The first-order chi connectivity index (χ1) is 7.56. The van der Waals surface area contributed by atoms with Crippen LogP contribution in [0.1, 0.15) is 32.1 Å². The molecule has 1 rings (SSSR count). The molecule has 1 unspecified atom stereocenters. The maximum absolute atomic E-state index is 11.1. The van der Waals surface area contributed by atoms with Crippen molar-refractivity contribution in [2.24, 2.45) is 5.92 Å². The average Bonchev–Trinajstić information content (AvgIpc) is 2.25. The van der Waals surface area contributed by atoms with Crippen LogP contribution < -0.4 is 0 Å². The fraction of sp³-hybridized carbons (Fsp3) is 0.500. The Kier molecular flexibility index (Phi) is 4.28. The van der Waals surface area contributed by atoms with Crippen molar-refractivity contribution < 1.29 is 19.8 Å². The highest BCUT2D eigenvalue weighted by Gasteiger charge is 2.28. The summed E-state index contributed by atoms with van der Waals surface area (Å²) < 4.78 is 0. The molecule has 0 fully saturated rings. The molecule has 0 bridgehead atoms. The van der Waals surface area contributed by atoms with Gasteiger partial charge >= 0.3 is 11.9 Å². The summed E-state index contributed by atoms with van der Waals surface area (Å²) in [6.07, 6.45) is 4.74. The van der Waals surface area contributed by atoms with Crippen LogP contribution in [-0.4, -0.2) is 22.2 Å². The molecular formula is C12H16O4. The Labute approximate surface area is 94.3 Å². The lowest BCUT2D eigenvalue weighted by molar-refractivity contribution is -0.147. The fourth-order valence-electron chi connectivity index (χ4n) is 2.12. The number of rotatable bonds is 5. The zero-order valence-corrected chi connectivity index (χ0v) is 9.11. The first-order valence-electron chi connectivity index (χ1n) is 5.35. The molecule has 0 aromatic heterocycles. The van der Waals surface area contributed by atoms with E-state index in [9.17, 15) is 9.59 Å². The summed E-state index contributed by atoms with van der Waals surface area (Å²) in [7, 11) is 0. The monoisotopic (exact) mass is 224 g/mol. The lowest BCUT2D eigenvalue weighted by Gasteiger charge is -2.22. The van der Waals surface area contributed by atoms with Gasteiger partial charge in [-0.05, 0) is 31.3 Å². The molecule has 0 aliphatic heterocycles. The Balaban J connectivity index is 2.99. The van der Waals surface area contributed by atoms with Crippen LogP contribution in [0.5, 0.6) is 0 Å². The Bertz CT molecular complexity index is 341. The minimum absolute atomic E-state index is 0.345. The van der Waals surface area contributed by atoms with E-state index in [1.54, 1.807) is 6.08 Å². The van der Waals surface area contributed by atoms with Gasteiger partial charge < -0.3 is 10.2 Å². The topological polar surface area (TPSA) is 74.6 Å². The van der Waals surface area contributed by atoms with Crippen LogP contribution in [0.4, 0.5) is 0 Å². The quantitative estimate of drug-likeness (QED) is 0.750. The van der Waals surface area contributed by atoms with Crippen LogP contribution in [0.15, 0.2) is 23.8 Å². The molecule has 4 nitrogen and oxygen atoms in total. The van der Waals surface area contributed by atoms with Gasteiger partial charge in [-0.25, -0.2) is 0 Å². The van der Waals surface area contributed by atoms with Gasteiger partial charge in [0, 0.05) is 0 Å². The normalized spacial score (nSPS) is 18.0. The fourth-order valence-corrected chi connectivity index (χ4v) is 2.12. The zero-order chi connectivity index (χ0) is 12.1. The summed E-state index contributed by atoms with van der Waals surface area (Å²) in [6, 6.07) is 0. The minimum Gasteiger partial charge on any atom is -0.481 e. The van der Waals surface area contributed by atoms with Crippen molar-refractivity contribution >= 4 is 11.9 Å². The highest BCUT2D eigenvalue weighted by atomic mass is 16.4. The predicted octanol–water partition coefficient (Wildman–Crippen LogP) is 2.22. The van der Waals surface area contributed by atoms with E-state index in [4.69, 9.17) is 10.2 Å². The molecule has 0 saturated carbocycles. The van der Waals surface area contributed by atoms with Gasteiger partial charge in [0.25, 0.3) is 0 Å². The lowest BCUT2D eigenvalue weighted by Crippen LogP contribution is -2.22. The molecule has 88 valence electrons. The predicted molar refractivity (Wildman–Crippen MR) is 59.1 cm³/mol. The molecule has 4 heteroatoms. The highest BCUT2D eigenvalue weighted by molar-refractivity contribution is 5.80. The van der Waals surface area contributed by atoms with Crippen molar-refractivity contribution in [1.82, 2.24) is 0 Å². The number of hydrogen-bond acceptors (Lipinski definition) is 2. The van der Waals surface area contributed by atoms with E-state index in [1.807, 2.05) is 0 Å². The van der Waals surface area contributed by atoms with Crippen molar-refractivity contribution in [1.29, 1.82) is 0 Å². The van der Waals surface area contributed by atoms with Crippen LogP contribution in [0.3, 0.4) is 0 Å². The van der Waals surface area contributed by atoms with E-state index < -0.39 is 17.9 Å². The molecule has 1 atom stereocenters. The van der Waals surface area contributed by atoms with Crippen molar-refractivity contribution in [3.63, 3.8) is 0 Å². The maximum atomic E-state index is 11.1. The van der Waals surface area contributed by atoms with E-state index in [0.29, 0.717) is 6.42 Å². The molecular weight excluding hydrogens is 208 g/mol. The SMILES string of the molecule is C=CC1=C(C(CC(=O)O)C(=O)O)CCCC1. The lowest BCUT2D eigenvalue weighted by atomic mass is 9.82. The van der Waals surface area contributed by atoms with Crippen LogP contribution >= 0.6 is 0 Å². The Morgan fingerprint density at radius 1 is 1.31 bits per heavy atom. The minimum atomic E-state index is -1.08. The zero-order valence-electron chi connectivity index (χ0n) is 9.11. The van der Waals surface area contributed by atoms with E-state index in [2.05, 4.69) is 6.58 Å². The highest BCUT2D eigenvalue weighted by Crippen LogP contribution is 2.32. The van der Waals surface area contributed by atoms with Crippen LogP contribution in [0, 0.1) is 5.92 Å². The second-order valence-electron chi connectivity index (χ2n) is 3.95. The van der Waals surface area contributed by atoms with E-state index in [1.165, 1.54) is 0 Å². The van der Waals surface area contributed by atoms with Crippen LogP contribution in [0.25, 0.3) is 0 Å². The van der Waals surface area contributed by atoms with Crippen molar-refractivity contribution in [2.75, 3.05) is 0 Å². The summed E-state index contributed by atoms with van der Waals surface area (Å²) in [5.74, 6) is -3.03. The molecule has 0 aromatic carbocycles. The second-order valence-corrected chi connectivity index (χ2v) is 3.95. The molecule has 1 aliphatic carbocycles. The van der Waals surface area contributed by atoms with Gasteiger partial charge in [-0.15, -0.1) is 0 Å². The standard InChI is InChI=1S/C12H16O4/c1-2-8-5-3-4-6-9(8)10(12(15)16)7-11(13)14/h2,10H,1,3-7H2,(H,13,14)(H,15,16). The average molecular weight is 224 g/mol. The molecule has 0 aromatic rings. The third-order valence-electron chi connectivity index (χ3n) is 2.90. The molecule has 2 N–H and O–H groups in total. The summed E-state index contributed by atoms with van der Waals surface area (Å²) in [5.41, 5.74) is 1.66. The number of carboxylic acids is 2. The number of hydrogen-bond donors (Lipinski definition) is 2. The van der Waals surface area contributed by atoms with E-state index >= 15 is 0 Å². The number of allylic oxidation sites excluding steroid dienone is 2. The molecule has 1 aliphatic rings. The van der Waals surface area contributed by atoms with Crippen molar-refractivity contribution in [2.45, 2.75) is 32.1 Å². The Hall–Kier alpha value is -1.58. The van der Waals surface area contributed by atoms with E-state index in [-0.39, 0.29) is 6.42 Å². The van der Waals surface area contributed by atoms with Gasteiger partial charge in [-0.2, -0.15) is 0 Å². The number of carboxylic acid groups (broad SMARTS) is 2. The molecule has 0 radical (unpaired) electrons. The Morgan fingerprint density at radius 3 is 2.44 bits per heavy atom. The Morgan fingerprint density at radius 2 is 1.94 bits per heavy atom. The summed E-state index contributed by atoms with van der Waals surface area (Å²) >= 11 is 0. The first-order valence-corrected chi connectivity index (χ1v) is 5.35. The first kappa shape index (κ1) is 12.5. The van der Waals surface area contributed by atoms with Crippen LogP contribution in [0.2, 0.25) is 0 Å². The van der Waals surface area contributed by atoms with Gasteiger partial charge in [0.2, 0.25) is 0 Å². The molecule has 0 heterocycles. The summed E-state index contributed by atoms with van der Waals surface area (Å²) in [6.45, 7) is 3.66. The molecule has 16 heavy (non-hydrogen) atoms. The van der Waals surface area contributed by atoms with Gasteiger partial charge in [-0.3, -0.25) is 9.59 Å². The smallest absolute Gasteiger partial charge is 0.311 e. The number of carbonyl (C=O) groups is 2. The number of aliphatic carboxylic acids is 2.